The van der Waals surface area contributed by atoms with E-state index in [0.717, 1.165) is 5.56 Å². The van der Waals surface area contributed by atoms with Gasteiger partial charge in [-0.2, -0.15) is 5.10 Å². The third-order valence-electron chi connectivity index (χ3n) is 1.96. The number of rotatable bonds is 2. The fraction of sp³-hybridized carbons (Fsp3) is 0.667. The summed E-state index contributed by atoms with van der Waals surface area (Å²) in [6, 6.07) is 0. The minimum Gasteiger partial charge on any atom is -0.297 e. The van der Waals surface area contributed by atoms with E-state index in [2.05, 4.69) is 25.9 Å². The molecule has 1 heterocycles. The van der Waals surface area contributed by atoms with Crippen LogP contribution in [0.5, 0.6) is 0 Å². The van der Waals surface area contributed by atoms with Crippen LogP contribution in [0, 0.1) is 0 Å². The summed E-state index contributed by atoms with van der Waals surface area (Å²) in [6.45, 7) is 8.18. The molecule has 0 fully saturated rings. The molecule has 1 unspecified atom stereocenters. The van der Waals surface area contributed by atoms with E-state index in [9.17, 15) is 0 Å². The van der Waals surface area contributed by atoms with Gasteiger partial charge in [-0.25, -0.2) is 5.90 Å². The molecular weight excluding hydrogens is 166 g/mol. The largest absolute Gasteiger partial charge is 0.297 e. The Kier molecular flexibility index (Phi) is 2.73. The highest BCUT2D eigenvalue weighted by molar-refractivity contribution is 5.08. The monoisotopic (exact) mass is 183 g/mol. The first-order chi connectivity index (χ1) is 5.95. The van der Waals surface area contributed by atoms with Gasteiger partial charge in [0.1, 0.15) is 6.10 Å². The first-order valence-corrected chi connectivity index (χ1v) is 4.35. The van der Waals surface area contributed by atoms with Crippen molar-refractivity contribution >= 4 is 0 Å². The lowest BCUT2D eigenvalue weighted by atomic mass is 10.1. The molecule has 0 amide bonds. The quantitative estimate of drug-likeness (QED) is 0.708. The molecule has 0 bridgehead atoms. The van der Waals surface area contributed by atoms with Gasteiger partial charge in [0.05, 0.1) is 11.7 Å². The normalized spacial score (nSPS) is 14.5. The van der Waals surface area contributed by atoms with Crippen molar-refractivity contribution in [1.29, 1.82) is 0 Å². The van der Waals surface area contributed by atoms with Gasteiger partial charge in [-0.05, 0) is 27.7 Å². The van der Waals surface area contributed by atoms with E-state index < -0.39 is 0 Å². The molecule has 4 heteroatoms. The van der Waals surface area contributed by atoms with Crippen molar-refractivity contribution in [3.63, 3.8) is 0 Å². The van der Waals surface area contributed by atoms with Crippen molar-refractivity contribution in [3.8, 4) is 0 Å². The lowest BCUT2D eigenvalue weighted by molar-refractivity contribution is 0.0662. The van der Waals surface area contributed by atoms with Crippen LogP contribution in [0.1, 0.15) is 39.4 Å². The second kappa shape index (κ2) is 3.47. The zero-order valence-electron chi connectivity index (χ0n) is 8.61. The molecule has 74 valence electrons. The number of hydrogen-bond acceptors (Lipinski definition) is 3. The van der Waals surface area contributed by atoms with E-state index in [1.165, 1.54) is 0 Å². The van der Waals surface area contributed by atoms with E-state index in [4.69, 9.17) is 10.7 Å². The molecule has 0 radical (unpaired) electrons. The summed E-state index contributed by atoms with van der Waals surface area (Å²) in [5, 5.41) is 4.24. The summed E-state index contributed by atoms with van der Waals surface area (Å²) >= 11 is 0. The Morgan fingerprint density at radius 2 is 2.15 bits per heavy atom. The SMILES string of the molecule is CC(ON)c1cnn(C(C)(C)C)c1. The van der Waals surface area contributed by atoms with Crippen LogP contribution in [0.3, 0.4) is 0 Å². The summed E-state index contributed by atoms with van der Waals surface area (Å²) < 4.78 is 1.90. The maximum atomic E-state index is 5.09. The predicted molar refractivity (Wildman–Crippen MR) is 50.9 cm³/mol. The Balaban J connectivity index is 2.87. The van der Waals surface area contributed by atoms with Crippen LogP contribution in [0.2, 0.25) is 0 Å². The van der Waals surface area contributed by atoms with Gasteiger partial charge < -0.3 is 0 Å². The smallest absolute Gasteiger partial charge is 0.104 e. The standard InChI is InChI=1S/C9H17N3O/c1-7(13-10)8-5-11-12(6-8)9(2,3)4/h5-7H,10H2,1-4H3. The van der Waals surface area contributed by atoms with Gasteiger partial charge in [-0.1, -0.05) is 0 Å². The number of nitrogens with two attached hydrogens (primary N) is 1. The van der Waals surface area contributed by atoms with E-state index in [0.29, 0.717) is 0 Å². The first kappa shape index (κ1) is 10.2. The Labute approximate surface area is 78.6 Å². The Morgan fingerprint density at radius 1 is 1.54 bits per heavy atom. The molecule has 0 saturated carbocycles. The molecule has 0 aromatic carbocycles. The molecule has 0 aliphatic carbocycles. The van der Waals surface area contributed by atoms with Gasteiger partial charge in [-0.15, -0.1) is 0 Å². The average Bonchev–Trinajstić information content (AvgIpc) is 2.50. The number of hydrogen-bond donors (Lipinski definition) is 1. The van der Waals surface area contributed by atoms with E-state index >= 15 is 0 Å². The van der Waals surface area contributed by atoms with Gasteiger partial charge in [0.2, 0.25) is 0 Å². The van der Waals surface area contributed by atoms with Gasteiger partial charge in [0, 0.05) is 11.8 Å². The minimum atomic E-state index is -0.101. The van der Waals surface area contributed by atoms with Crippen LogP contribution in [-0.2, 0) is 10.4 Å². The van der Waals surface area contributed by atoms with Crippen LogP contribution in [0.25, 0.3) is 0 Å². The van der Waals surface area contributed by atoms with Crippen molar-refractivity contribution in [1.82, 2.24) is 9.78 Å². The Bertz CT molecular complexity index is 275. The summed E-state index contributed by atoms with van der Waals surface area (Å²) in [5.41, 5.74) is 1.00. The molecule has 0 saturated heterocycles. The minimum absolute atomic E-state index is 0.00652. The van der Waals surface area contributed by atoms with E-state index in [-0.39, 0.29) is 11.6 Å². The molecule has 4 nitrogen and oxygen atoms in total. The van der Waals surface area contributed by atoms with Crippen LogP contribution in [-0.4, -0.2) is 9.78 Å². The van der Waals surface area contributed by atoms with E-state index in [1.54, 1.807) is 6.20 Å². The second-order valence-electron chi connectivity index (χ2n) is 4.17. The highest BCUT2D eigenvalue weighted by Gasteiger charge is 2.15. The molecule has 0 aliphatic heterocycles. The Hall–Kier alpha value is -0.870. The van der Waals surface area contributed by atoms with Crippen LogP contribution < -0.4 is 5.90 Å². The predicted octanol–water partition coefficient (Wildman–Crippen LogP) is 1.59. The zero-order valence-corrected chi connectivity index (χ0v) is 8.61. The lowest BCUT2D eigenvalue weighted by Gasteiger charge is -2.18. The lowest BCUT2D eigenvalue weighted by Crippen LogP contribution is -2.22. The average molecular weight is 183 g/mol. The van der Waals surface area contributed by atoms with Crippen LogP contribution in [0.4, 0.5) is 0 Å². The number of aromatic nitrogens is 2. The molecule has 1 aromatic heterocycles. The van der Waals surface area contributed by atoms with Crippen LogP contribution in [0.15, 0.2) is 12.4 Å². The van der Waals surface area contributed by atoms with Crippen molar-refractivity contribution in [2.75, 3.05) is 0 Å². The first-order valence-electron chi connectivity index (χ1n) is 4.35. The van der Waals surface area contributed by atoms with Gasteiger partial charge in [-0.3, -0.25) is 9.52 Å². The van der Waals surface area contributed by atoms with Crippen LogP contribution >= 0.6 is 0 Å². The van der Waals surface area contributed by atoms with Crippen molar-refractivity contribution < 1.29 is 4.84 Å². The summed E-state index contributed by atoms with van der Waals surface area (Å²) in [4.78, 5) is 4.71. The third-order valence-corrected chi connectivity index (χ3v) is 1.96. The highest BCUT2D eigenvalue weighted by Crippen LogP contribution is 2.18. The molecule has 1 rings (SSSR count). The molecule has 13 heavy (non-hydrogen) atoms. The maximum absolute atomic E-state index is 5.09. The molecule has 2 N–H and O–H groups in total. The summed E-state index contributed by atoms with van der Waals surface area (Å²) in [5.74, 6) is 5.09. The van der Waals surface area contributed by atoms with Crippen molar-refractivity contribution in [2.24, 2.45) is 5.90 Å². The second-order valence-corrected chi connectivity index (χ2v) is 4.17. The van der Waals surface area contributed by atoms with E-state index in [1.807, 2.05) is 17.8 Å². The highest BCUT2D eigenvalue weighted by atomic mass is 16.6. The number of nitrogens with zero attached hydrogens (tertiary/aromatic N) is 2. The van der Waals surface area contributed by atoms with Gasteiger partial charge in [0.25, 0.3) is 0 Å². The topological polar surface area (TPSA) is 53.1 Å². The molecule has 1 aromatic rings. The van der Waals surface area contributed by atoms with Gasteiger partial charge >= 0.3 is 0 Å². The van der Waals surface area contributed by atoms with Crippen molar-refractivity contribution in [2.45, 2.75) is 39.3 Å². The fourth-order valence-electron chi connectivity index (χ4n) is 0.992. The Morgan fingerprint density at radius 3 is 2.54 bits per heavy atom. The molecular formula is C9H17N3O. The molecule has 1 atom stereocenters. The molecule has 0 spiro atoms. The summed E-state index contributed by atoms with van der Waals surface area (Å²) in [6.07, 6.45) is 3.64. The summed E-state index contributed by atoms with van der Waals surface area (Å²) in [7, 11) is 0. The molecule has 0 aliphatic rings. The zero-order chi connectivity index (χ0) is 10.1. The third kappa shape index (κ3) is 2.29. The van der Waals surface area contributed by atoms with Gasteiger partial charge in [0.15, 0.2) is 0 Å². The van der Waals surface area contributed by atoms with Crippen molar-refractivity contribution in [3.05, 3.63) is 18.0 Å². The maximum Gasteiger partial charge on any atom is 0.104 e. The fourth-order valence-corrected chi connectivity index (χ4v) is 0.992.